The Hall–Kier alpha value is -1.24. The number of rotatable bonds is 0. The van der Waals surface area contributed by atoms with Gasteiger partial charge in [0, 0.05) is 10.9 Å². The van der Waals surface area contributed by atoms with Crippen molar-refractivity contribution in [3.05, 3.63) is 35.5 Å². The minimum atomic E-state index is 0.195. The van der Waals surface area contributed by atoms with Gasteiger partial charge >= 0.3 is 0 Å². The van der Waals surface area contributed by atoms with Crippen LogP contribution in [0.5, 0.6) is 0 Å². The quantitative estimate of drug-likeness (QED) is 0.647. The Kier molecular flexibility index (Phi) is 1.91. The van der Waals surface area contributed by atoms with Crippen molar-refractivity contribution >= 4 is 10.9 Å². The summed E-state index contributed by atoms with van der Waals surface area (Å²) in [5.74, 6) is 0. The topological polar surface area (TPSA) is 15.8 Å². The van der Waals surface area contributed by atoms with E-state index in [1.165, 1.54) is 22.0 Å². The summed E-state index contributed by atoms with van der Waals surface area (Å²) in [6, 6.07) is 6.41. The van der Waals surface area contributed by atoms with E-state index in [4.69, 9.17) is 0 Å². The molecule has 2 aromatic rings. The molecule has 73 valence electrons. The molecule has 0 atom stereocenters. The average Bonchev–Trinajstić information content (AvgIpc) is 2.46. The van der Waals surface area contributed by atoms with Crippen LogP contribution in [0.4, 0.5) is 0 Å². The third kappa shape index (κ3) is 1.33. The highest BCUT2D eigenvalue weighted by atomic mass is 14.7. The fourth-order valence-electron chi connectivity index (χ4n) is 1.91. The van der Waals surface area contributed by atoms with Crippen molar-refractivity contribution in [1.29, 1.82) is 0 Å². The molecule has 0 bridgehead atoms. The zero-order valence-electron chi connectivity index (χ0n) is 9.23. The molecule has 0 saturated carbocycles. The lowest BCUT2D eigenvalue weighted by Crippen LogP contribution is -2.11. The van der Waals surface area contributed by atoms with Crippen molar-refractivity contribution in [2.45, 2.75) is 33.1 Å². The Morgan fingerprint density at radius 2 is 1.93 bits per heavy atom. The van der Waals surface area contributed by atoms with Crippen molar-refractivity contribution in [3.63, 3.8) is 0 Å². The molecule has 1 heteroatoms. The molecule has 0 fully saturated rings. The molecule has 14 heavy (non-hydrogen) atoms. The summed E-state index contributed by atoms with van der Waals surface area (Å²) in [5.41, 5.74) is 3.99. The van der Waals surface area contributed by atoms with E-state index in [0.717, 1.165) is 0 Å². The largest absolute Gasteiger partial charge is 0.353 e. The van der Waals surface area contributed by atoms with Gasteiger partial charge in [0.2, 0.25) is 0 Å². The van der Waals surface area contributed by atoms with Gasteiger partial charge in [0.15, 0.2) is 0 Å². The maximum atomic E-state index is 3.18. The van der Waals surface area contributed by atoms with Crippen LogP contribution in [0.3, 0.4) is 0 Å². The molecular weight excluding hydrogens is 170 g/mol. The van der Waals surface area contributed by atoms with E-state index >= 15 is 0 Å². The second kappa shape index (κ2) is 2.88. The predicted octanol–water partition coefficient (Wildman–Crippen LogP) is 3.57. The molecule has 1 radical (unpaired) electrons. The minimum Gasteiger partial charge on any atom is -0.353 e. The van der Waals surface area contributed by atoms with Crippen LogP contribution in [0.2, 0.25) is 0 Å². The highest BCUT2D eigenvalue weighted by molar-refractivity contribution is 5.87. The van der Waals surface area contributed by atoms with Gasteiger partial charge in [0.05, 0.1) is 6.20 Å². The number of aromatic nitrogens is 1. The summed E-state index contributed by atoms with van der Waals surface area (Å²) in [6.45, 7) is 8.84. The maximum absolute atomic E-state index is 3.18. The first-order valence-corrected chi connectivity index (χ1v) is 4.99. The van der Waals surface area contributed by atoms with Gasteiger partial charge in [-0.3, -0.25) is 0 Å². The van der Waals surface area contributed by atoms with Gasteiger partial charge in [-0.2, -0.15) is 0 Å². The summed E-state index contributed by atoms with van der Waals surface area (Å²) in [6.07, 6.45) is 3.16. The number of aromatic amines is 1. The van der Waals surface area contributed by atoms with Crippen LogP contribution in [-0.2, 0) is 5.41 Å². The van der Waals surface area contributed by atoms with Gasteiger partial charge in [0.25, 0.3) is 0 Å². The van der Waals surface area contributed by atoms with Crippen LogP contribution in [-0.4, -0.2) is 4.98 Å². The van der Waals surface area contributed by atoms with E-state index < -0.39 is 0 Å². The number of hydrogen-bond donors (Lipinski definition) is 1. The Morgan fingerprint density at radius 3 is 2.57 bits per heavy atom. The first-order valence-electron chi connectivity index (χ1n) is 4.99. The summed E-state index contributed by atoms with van der Waals surface area (Å²) >= 11 is 0. The molecule has 2 rings (SSSR count). The van der Waals surface area contributed by atoms with Gasteiger partial charge in [-0.25, -0.2) is 0 Å². The average molecular weight is 186 g/mol. The van der Waals surface area contributed by atoms with Crippen molar-refractivity contribution < 1.29 is 0 Å². The van der Waals surface area contributed by atoms with Crippen LogP contribution >= 0.6 is 0 Å². The number of hydrogen-bond acceptors (Lipinski definition) is 0. The molecule has 0 aliphatic heterocycles. The van der Waals surface area contributed by atoms with E-state index in [0.29, 0.717) is 0 Å². The Labute approximate surface area is 85.1 Å². The fraction of sp³-hybridized carbons (Fsp3) is 0.385. The number of aryl methyl sites for hydroxylation is 1. The highest BCUT2D eigenvalue weighted by Gasteiger charge is 2.18. The normalized spacial score (nSPS) is 12.3. The van der Waals surface area contributed by atoms with Gasteiger partial charge in [-0.15, -0.1) is 0 Å². The summed E-state index contributed by atoms with van der Waals surface area (Å²) < 4.78 is 0. The van der Waals surface area contributed by atoms with Crippen LogP contribution < -0.4 is 0 Å². The molecule has 0 spiro atoms. The lowest BCUT2D eigenvalue weighted by atomic mass is 9.84. The van der Waals surface area contributed by atoms with E-state index in [1.807, 2.05) is 0 Å². The molecule has 1 N–H and O–H groups in total. The third-order valence-electron chi connectivity index (χ3n) is 2.63. The van der Waals surface area contributed by atoms with Crippen molar-refractivity contribution in [1.82, 2.24) is 4.98 Å². The lowest BCUT2D eigenvalue weighted by molar-refractivity contribution is 0.596. The Bertz CT molecular complexity index is 458. The van der Waals surface area contributed by atoms with Crippen molar-refractivity contribution in [3.8, 4) is 0 Å². The van der Waals surface area contributed by atoms with Crippen LogP contribution in [0.15, 0.2) is 18.2 Å². The second-order valence-corrected chi connectivity index (χ2v) is 4.85. The van der Waals surface area contributed by atoms with E-state index in [1.54, 1.807) is 0 Å². The summed E-state index contributed by atoms with van der Waals surface area (Å²) in [4.78, 5) is 3.18. The maximum Gasteiger partial charge on any atom is 0.0663 e. The number of H-pyrrole nitrogens is 1. The molecule has 0 aliphatic carbocycles. The van der Waals surface area contributed by atoms with Gasteiger partial charge in [0.1, 0.15) is 0 Å². The van der Waals surface area contributed by atoms with Gasteiger partial charge < -0.3 is 4.98 Å². The third-order valence-corrected chi connectivity index (χ3v) is 2.63. The molecule has 1 heterocycles. The van der Waals surface area contributed by atoms with Crippen LogP contribution in [0.25, 0.3) is 10.9 Å². The zero-order valence-corrected chi connectivity index (χ0v) is 9.23. The van der Waals surface area contributed by atoms with Gasteiger partial charge in [-0.1, -0.05) is 32.9 Å². The molecule has 1 aromatic carbocycles. The van der Waals surface area contributed by atoms with E-state index in [-0.39, 0.29) is 5.41 Å². The van der Waals surface area contributed by atoms with Crippen LogP contribution in [0.1, 0.15) is 31.9 Å². The monoisotopic (exact) mass is 186 g/mol. The number of nitrogens with one attached hydrogen (secondary N) is 1. The molecule has 0 saturated heterocycles. The molecule has 0 amide bonds. The van der Waals surface area contributed by atoms with E-state index in [2.05, 4.69) is 57.1 Å². The fourth-order valence-corrected chi connectivity index (χ4v) is 1.91. The first kappa shape index (κ1) is 9.32. The summed E-state index contributed by atoms with van der Waals surface area (Å²) in [5, 5.41) is 1.33. The number of benzene rings is 1. The Balaban J connectivity index is 2.82. The molecule has 1 nitrogen and oxygen atoms in total. The van der Waals surface area contributed by atoms with Crippen molar-refractivity contribution in [2.24, 2.45) is 0 Å². The number of fused-ring (bicyclic) bond motifs is 1. The summed E-state index contributed by atoms with van der Waals surface area (Å²) in [7, 11) is 0. The lowest BCUT2D eigenvalue weighted by Gasteiger charge is -2.20. The molecule has 1 aromatic heterocycles. The SMILES string of the molecule is Cc1[c][nH]c2cccc(C(C)(C)C)c12. The minimum absolute atomic E-state index is 0.195. The highest BCUT2D eigenvalue weighted by Crippen LogP contribution is 2.31. The van der Waals surface area contributed by atoms with Gasteiger partial charge in [-0.05, 0) is 29.5 Å². The molecular formula is C13H16N. The first-order chi connectivity index (χ1) is 6.50. The predicted molar refractivity (Wildman–Crippen MR) is 60.6 cm³/mol. The smallest absolute Gasteiger partial charge is 0.0663 e. The van der Waals surface area contributed by atoms with Crippen molar-refractivity contribution in [2.75, 3.05) is 0 Å². The standard InChI is InChI=1S/C13H16N/c1-9-8-14-11-7-5-6-10(12(9)11)13(2,3)4/h5-7,14H,1-4H3. The second-order valence-electron chi connectivity index (χ2n) is 4.85. The Morgan fingerprint density at radius 1 is 1.21 bits per heavy atom. The van der Waals surface area contributed by atoms with Crippen LogP contribution in [0, 0.1) is 13.1 Å². The molecule has 0 aliphatic rings. The molecule has 0 unspecified atom stereocenters. The van der Waals surface area contributed by atoms with E-state index in [9.17, 15) is 0 Å². The zero-order chi connectivity index (χ0) is 10.3.